The number of hydrogen-bond acceptors (Lipinski definition) is 2. The van der Waals surface area contributed by atoms with E-state index in [1.165, 1.54) is 0 Å². The Morgan fingerprint density at radius 2 is 1.61 bits per heavy atom. The molecule has 2 rings (SSSR count). The van der Waals surface area contributed by atoms with Gasteiger partial charge in [-0.2, -0.15) is 5.26 Å². The van der Waals surface area contributed by atoms with Crippen LogP contribution in [0.4, 0.5) is 0 Å². The molecule has 0 radical (unpaired) electrons. The molecule has 0 bridgehead atoms. The lowest BCUT2D eigenvalue weighted by molar-refractivity contribution is 0.477. The third-order valence-electron chi connectivity index (χ3n) is 2.43. The van der Waals surface area contributed by atoms with Crippen molar-refractivity contribution in [2.45, 2.75) is 6.92 Å². The number of aryl methyl sites for hydroxylation is 1. The Morgan fingerprint density at radius 1 is 1.00 bits per heavy atom. The molecule has 0 unspecified atom stereocenters. The zero-order valence-corrected chi connectivity index (χ0v) is 11.1. The summed E-state index contributed by atoms with van der Waals surface area (Å²) in [7, 11) is 0. The second kappa shape index (κ2) is 5.30. The number of rotatable bonds is 2. The van der Waals surface area contributed by atoms with Crippen molar-refractivity contribution >= 4 is 23.2 Å². The van der Waals surface area contributed by atoms with Crippen LogP contribution in [0.25, 0.3) is 0 Å². The first-order chi connectivity index (χ1) is 8.60. The number of nitriles is 1. The molecule has 0 saturated carbocycles. The summed E-state index contributed by atoms with van der Waals surface area (Å²) in [6, 6.07) is 12.3. The van der Waals surface area contributed by atoms with E-state index in [2.05, 4.69) is 6.07 Å². The van der Waals surface area contributed by atoms with Gasteiger partial charge in [-0.15, -0.1) is 0 Å². The minimum atomic E-state index is 0.426. The monoisotopic (exact) mass is 277 g/mol. The summed E-state index contributed by atoms with van der Waals surface area (Å²) in [5.41, 5.74) is 1.36. The number of benzene rings is 2. The van der Waals surface area contributed by atoms with Gasteiger partial charge in [0.15, 0.2) is 0 Å². The summed E-state index contributed by atoms with van der Waals surface area (Å²) in [5.74, 6) is 1.04. The first kappa shape index (κ1) is 12.8. The van der Waals surface area contributed by atoms with E-state index in [9.17, 15) is 0 Å². The molecule has 0 heterocycles. The van der Waals surface area contributed by atoms with E-state index in [-0.39, 0.29) is 0 Å². The fourth-order valence-corrected chi connectivity index (χ4v) is 1.80. The molecule has 2 aromatic carbocycles. The zero-order valence-electron chi connectivity index (χ0n) is 9.58. The highest BCUT2D eigenvalue weighted by molar-refractivity contribution is 6.31. The first-order valence-electron chi connectivity index (χ1n) is 5.24. The van der Waals surface area contributed by atoms with Crippen LogP contribution in [0.3, 0.4) is 0 Å². The molecule has 18 heavy (non-hydrogen) atoms. The lowest BCUT2D eigenvalue weighted by Crippen LogP contribution is -1.90. The molecule has 0 aliphatic heterocycles. The van der Waals surface area contributed by atoms with E-state index in [0.29, 0.717) is 27.1 Å². The summed E-state index contributed by atoms with van der Waals surface area (Å²) < 4.78 is 5.70. The van der Waals surface area contributed by atoms with Crippen LogP contribution in [0.5, 0.6) is 11.5 Å². The maximum Gasteiger partial charge on any atom is 0.146 e. The van der Waals surface area contributed by atoms with Crippen LogP contribution >= 0.6 is 23.2 Å². The minimum absolute atomic E-state index is 0.426. The van der Waals surface area contributed by atoms with E-state index in [1.54, 1.807) is 30.3 Å². The molecule has 0 fully saturated rings. The van der Waals surface area contributed by atoms with Gasteiger partial charge in [0, 0.05) is 16.1 Å². The molecule has 0 aliphatic carbocycles. The zero-order chi connectivity index (χ0) is 13.1. The van der Waals surface area contributed by atoms with Gasteiger partial charge in [0.2, 0.25) is 0 Å². The standard InChI is InChI=1S/C14H9Cl2NO/c1-9-2-4-11(15)6-13(9)18-14-7-12(16)5-3-10(14)8-17/h2-7H,1H3. The van der Waals surface area contributed by atoms with Gasteiger partial charge in [0.05, 0.1) is 5.56 Å². The third-order valence-corrected chi connectivity index (χ3v) is 2.90. The van der Waals surface area contributed by atoms with Crippen molar-refractivity contribution in [2.75, 3.05) is 0 Å². The highest BCUT2D eigenvalue weighted by Gasteiger charge is 2.08. The van der Waals surface area contributed by atoms with Crippen LogP contribution in [-0.4, -0.2) is 0 Å². The highest BCUT2D eigenvalue weighted by atomic mass is 35.5. The van der Waals surface area contributed by atoms with Gasteiger partial charge in [0.1, 0.15) is 17.6 Å². The van der Waals surface area contributed by atoms with Crippen LogP contribution in [-0.2, 0) is 0 Å². The first-order valence-corrected chi connectivity index (χ1v) is 5.99. The minimum Gasteiger partial charge on any atom is -0.456 e. The normalized spacial score (nSPS) is 9.89. The van der Waals surface area contributed by atoms with Crippen molar-refractivity contribution in [2.24, 2.45) is 0 Å². The van der Waals surface area contributed by atoms with Gasteiger partial charge < -0.3 is 4.74 Å². The van der Waals surface area contributed by atoms with Crippen LogP contribution < -0.4 is 4.74 Å². The van der Waals surface area contributed by atoms with Gasteiger partial charge in [-0.3, -0.25) is 0 Å². The van der Waals surface area contributed by atoms with Crippen molar-refractivity contribution < 1.29 is 4.74 Å². The topological polar surface area (TPSA) is 33.0 Å². The summed E-state index contributed by atoms with van der Waals surface area (Å²) in [4.78, 5) is 0. The predicted octanol–water partition coefficient (Wildman–Crippen LogP) is 4.97. The van der Waals surface area contributed by atoms with E-state index in [0.717, 1.165) is 5.56 Å². The van der Waals surface area contributed by atoms with Crippen LogP contribution in [0.15, 0.2) is 36.4 Å². The van der Waals surface area contributed by atoms with E-state index >= 15 is 0 Å². The molecular weight excluding hydrogens is 269 g/mol. The Bertz CT molecular complexity index is 632. The van der Waals surface area contributed by atoms with Crippen LogP contribution in [0.1, 0.15) is 11.1 Å². The van der Waals surface area contributed by atoms with Gasteiger partial charge in [-0.1, -0.05) is 29.3 Å². The quantitative estimate of drug-likeness (QED) is 0.777. The average Bonchev–Trinajstić information content (AvgIpc) is 2.34. The SMILES string of the molecule is Cc1ccc(Cl)cc1Oc1cc(Cl)ccc1C#N. The maximum absolute atomic E-state index is 9.01. The Morgan fingerprint density at radius 3 is 2.28 bits per heavy atom. The average molecular weight is 278 g/mol. The van der Waals surface area contributed by atoms with E-state index < -0.39 is 0 Å². The van der Waals surface area contributed by atoms with Crippen LogP contribution in [0.2, 0.25) is 10.0 Å². The van der Waals surface area contributed by atoms with Gasteiger partial charge in [0.25, 0.3) is 0 Å². The number of nitrogens with zero attached hydrogens (tertiary/aromatic N) is 1. The Labute approximate surface area is 115 Å². The molecule has 0 spiro atoms. The molecule has 0 N–H and O–H groups in total. The molecular formula is C14H9Cl2NO. The number of ether oxygens (including phenoxy) is 1. The molecule has 2 nitrogen and oxygen atoms in total. The Hall–Kier alpha value is -1.69. The summed E-state index contributed by atoms with van der Waals surface area (Å²) in [5, 5.41) is 10.1. The number of hydrogen-bond donors (Lipinski definition) is 0. The molecule has 0 amide bonds. The highest BCUT2D eigenvalue weighted by Crippen LogP contribution is 2.31. The second-order valence-electron chi connectivity index (χ2n) is 3.76. The molecule has 4 heteroatoms. The van der Waals surface area contributed by atoms with Gasteiger partial charge in [-0.05, 0) is 36.8 Å². The second-order valence-corrected chi connectivity index (χ2v) is 4.64. The van der Waals surface area contributed by atoms with Gasteiger partial charge in [-0.25, -0.2) is 0 Å². The molecule has 2 aromatic rings. The molecule has 0 saturated heterocycles. The van der Waals surface area contributed by atoms with Crippen molar-refractivity contribution in [1.82, 2.24) is 0 Å². The summed E-state index contributed by atoms with van der Waals surface area (Å²) in [6.07, 6.45) is 0. The maximum atomic E-state index is 9.01. The molecule has 0 aromatic heterocycles. The fourth-order valence-electron chi connectivity index (χ4n) is 1.48. The number of halogens is 2. The van der Waals surface area contributed by atoms with Crippen molar-refractivity contribution in [3.05, 3.63) is 57.6 Å². The lowest BCUT2D eigenvalue weighted by atomic mass is 10.2. The van der Waals surface area contributed by atoms with Crippen molar-refractivity contribution in [3.8, 4) is 17.6 Å². The van der Waals surface area contributed by atoms with E-state index in [4.69, 9.17) is 33.2 Å². The van der Waals surface area contributed by atoms with Gasteiger partial charge >= 0.3 is 0 Å². The molecule has 0 aliphatic rings. The molecule has 0 atom stereocenters. The summed E-state index contributed by atoms with van der Waals surface area (Å²) >= 11 is 11.8. The predicted molar refractivity (Wildman–Crippen MR) is 72.4 cm³/mol. The Balaban J connectivity index is 2.43. The summed E-state index contributed by atoms with van der Waals surface area (Å²) in [6.45, 7) is 1.91. The lowest BCUT2D eigenvalue weighted by Gasteiger charge is -2.10. The smallest absolute Gasteiger partial charge is 0.146 e. The Kier molecular flexibility index (Phi) is 3.76. The molecule has 90 valence electrons. The van der Waals surface area contributed by atoms with Crippen molar-refractivity contribution in [1.29, 1.82) is 5.26 Å². The van der Waals surface area contributed by atoms with E-state index in [1.807, 2.05) is 13.0 Å². The van der Waals surface area contributed by atoms with Crippen LogP contribution in [0, 0.1) is 18.3 Å². The van der Waals surface area contributed by atoms with Crippen molar-refractivity contribution in [3.63, 3.8) is 0 Å². The fraction of sp³-hybridized carbons (Fsp3) is 0.0714. The largest absolute Gasteiger partial charge is 0.456 e. The third kappa shape index (κ3) is 2.76.